The number of amides is 1. The van der Waals surface area contributed by atoms with Gasteiger partial charge >= 0.3 is 0 Å². The molecule has 0 aliphatic heterocycles. The molecule has 20 heavy (non-hydrogen) atoms. The second-order valence-corrected chi connectivity index (χ2v) is 4.53. The molecule has 0 atom stereocenters. The summed E-state index contributed by atoms with van der Waals surface area (Å²) in [6, 6.07) is 10.7. The van der Waals surface area contributed by atoms with E-state index in [0.717, 1.165) is 11.8 Å². The molecule has 0 bridgehead atoms. The van der Waals surface area contributed by atoms with E-state index in [2.05, 4.69) is 5.32 Å². The molecule has 0 unspecified atom stereocenters. The van der Waals surface area contributed by atoms with Gasteiger partial charge in [-0.2, -0.15) is 0 Å². The molecule has 2 N–H and O–H groups in total. The number of para-hydroxylation sites is 2. The van der Waals surface area contributed by atoms with Gasteiger partial charge in [0.25, 0.3) is 5.91 Å². The third-order valence-electron chi connectivity index (χ3n) is 2.83. The number of anilines is 2. The first-order chi connectivity index (χ1) is 9.49. The summed E-state index contributed by atoms with van der Waals surface area (Å²) < 4.78 is 13.6. The Hall–Kier alpha value is -2.56. The third kappa shape index (κ3) is 2.88. The highest BCUT2D eigenvalue weighted by atomic mass is 19.1. The zero-order valence-corrected chi connectivity index (χ0v) is 11.2. The Morgan fingerprint density at radius 1 is 1.20 bits per heavy atom. The lowest BCUT2D eigenvalue weighted by molar-refractivity contribution is 0.102. The number of carbonyl (C=O) groups excluding carboxylic acids is 1. The Morgan fingerprint density at radius 3 is 2.55 bits per heavy atom. The van der Waals surface area contributed by atoms with Crippen molar-refractivity contribution in [2.24, 2.45) is 0 Å². The van der Waals surface area contributed by atoms with E-state index >= 15 is 0 Å². The molecule has 0 aliphatic rings. The van der Waals surface area contributed by atoms with Crippen molar-refractivity contribution in [3.8, 4) is 5.75 Å². The molecule has 0 saturated carbocycles. The molecular weight excluding hydrogens is 259 g/mol. The summed E-state index contributed by atoms with van der Waals surface area (Å²) >= 11 is 0. The molecule has 5 heteroatoms. The van der Waals surface area contributed by atoms with E-state index in [1.165, 1.54) is 12.1 Å². The first-order valence-electron chi connectivity index (χ1n) is 6.05. The number of benzene rings is 2. The molecule has 0 saturated heterocycles. The number of halogens is 1. The first-order valence-corrected chi connectivity index (χ1v) is 6.05. The average Bonchev–Trinajstić information content (AvgIpc) is 2.38. The SMILES string of the molecule is CN(C)c1ccccc1NC(=O)c1ccc(O)cc1F. The van der Waals surface area contributed by atoms with Crippen molar-refractivity contribution in [3.05, 3.63) is 53.8 Å². The summed E-state index contributed by atoms with van der Waals surface area (Å²) in [7, 11) is 3.71. The Balaban J connectivity index is 2.28. The van der Waals surface area contributed by atoms with Crippen LogP contribution in [0.4, 0.5) is 15.8 Å². The van der Waals surface area contributed by atoms with Crippen molar-refractivity contribution in [2.45, 2.75) is 0 Å². The molecule has 0 heterocycles. The molecular formula is C15H15FN2O2. The number of phenols is 1. The number of rotatable bonds is 3. The Labute approximate surface area is 116 Å². The van der Waals surface area contributed by atoms with E-state index in [0.29, 0.717) is 5.69 Å². The molecule has 2 rings (SSSR count). The zero-order chi connectivity index (χ0) is 14.7. The highest BCUT2D eigenvalue weighted by Gasteiger charge is 2.14. The molecule has 0 spiro atoms. The fraction of sp³-hybridized carbons (Fsp3) is 0.133. The normalized spacial score (nSPS) is 10.2. The molecule has 4 nitrogen and oxygen atoms in total. The quantitative estimate of drug-likeness (QED) is 0.905. The van der Waals surface area contributed by atoms with Gasteiger partial charge in [-0.3, -0.25) is 4.79 Å². The smallest absolute Gasteiger partial charge is 0.258 e. The van der Waals surface area contributed by atoms with Crippen molar-refractivity contribution < 1.29 is 14.3 Å². The van der Waals surface area contributed by atoms with Crippen molar-refractivity contribution in [3.63, 3.8) is 0 Å². The lowest BCUT2D eigenvalue weighted by Crippen LogP contribution is -2.17. The maximum atomic E-state index is 13.6. The molecule has 0 radical (unpaired) electrons. The standard InChI is InChI=1S/C15H15FN2O2/c1-18(2)14-6-4-3-5-13(14)17-15(20)11-8-7-10(19)9-12(11)16/h3-9,19H,1-2H3,(H,17,20). The van der Waals surface area contributed by atoms with Gasteiger partial charge in [0, 0.05) is 20.2 Å². The highest BCUT2D eigenvalue weighted by molar-refractivity contribution is 6.06. The number of carbonyl (C=O) groups is 1. The minimum atomic E-state index is -0.759. The predicted molar refractivity (Wildman–Crippen MR) is 76.8 cm³/mol. The van der Waals surface area contributed by atoms with Gasteiger partial charge in [-0.05, 0) is 24.3 Å². The van der Waals surface area contributed by atoms with Gasteiger partial charge in [0.15, 0.2) is 0 Å². The van der Waals surface area contributed by atoms with Crippen molar-refractivity contribution in [1.82, 2.24) is 0 Å². The fourth-order valence-electron chi connectivity index (χ4n) is 1.85. The van der Waals surface area contributed by atoms with E-state index in [4.69, 9.17) is 5.11 Å². The van der Waals surface area contributed by atoms with Gasteiger partial charge in [0.2, 0.25) is 0 Å². The highest BCUT2D eigenvalue weighted by Crippen LogP contribution is 2.24. The van der Waals surface area contributed by atoms with Gasteiger partial charge in [0.05, 0.1) is 16.9 Å². The molecule has 2 aromatic carbocycles. The van der Waals surface area contributed by atoms with Crippen LogP contribution in [0.1, 0.15) is 10.4 Å². The number of phenolic OH excluding ortho intramolecular Hbond substituents is 1. The van der Waals surface area contributed by atoms with Gasteiger partial charge in [0.1, 0.15) is 11.6 Å². The van der Waals surface area contributed by atoms with Gasteiger partial charge in [-0.15, -0.1) is 0 Å². The second-order valence-electron chi connectivity index (χ2n) is 4.53. The minimum absolute atomic E-state index is 0.114. The predicted octanol–water partition coefficient (Wildman–Crippen LogP) is 2.85. The Bertz CT molecular complexity index is 642. The summed E-state index contributed by atoms with van der Waals surface area (Å²) in [6.45, 7) is 0. The van der Waals surface area contributed by atoms with Gasteiger partial charge in [-0.25, -0.2) is 4.39 Å². The van der Waals surface area contributed by atoms with E-state index in [1.807, 2.05) is 31.1 Å². The second kappa shape index (κ2) is 5.61. The van der Waals surface area contributed by atoms with E-state index in [-0.39, 0.29) is 11.3 Å². The van der Waals surface area contributed by atoms with Crippen LogP contribution in [0.2, 0.25) is 0 Å². The van der Waals surface area contributed by atoms with E-state index < -0.39 is 11.7 Å². The number of nitrogens with one attached hydrogen (secondary N) is 1. The number of hydrogen-bond donors (Lipinski definition) is 2. The van der Waals surface area contributed by atoms with Crippen LogP contribution >= 0.6 is 0 Å². The molecule has 2 aromatic rings. The van der Waals surface area contributed by atoms with E-state index in [9.17, 15) is 9.18 Å². The monoisotopic (exact) mass is 274 g/mol. The number of nitrogens with zero attached hydrogens (tertiary/aromatic N) is 1. The summed E-state index contributed by atoms with van der Waals surface area (Å²) in [5, 5.41) is 11.8. The maximum Gasteiger partial charge on any atom is 0.258 e. The lowest BCUT2D eigenvalue weighted by Gasteiger charge is -2.17. The van der Waals surface area contributed by atoms with Gasteiger partial charge < -0.3 is 15.3 Å². The average molecular weight is 274 g/mol. The largest absolute Gasteiger partial charge is 0.508 e. The summed E-state index contributed by atoms with van der Waals surface area (Å²) in [6.07, 6.45) is 0. The topological polar surface area (TPSA) is 52.6 Å². The van der Waals surface area contributed by atoms with Crippen LogP contribution in [0.15, 0.2) is 42.5 Å². The number of aromatic hydroxyl groups is 1. The maximum absolute atomic E-state index is 13.6. The summed E-state index contributed by atoms with van der Waals surface area (Å²) in [5.74, 6) is -1.53. The Morgan fingerprint density at radius 2 is 1.90 bits per heavy atom. The molecule has 0 aliphatic carbocycles. The minimum Gasteiger partial charge on any atom is -0.508 e. The lowest BCUT2D eigenvalue weighted by atomic mass is 10.1. The third-order valence-corrected chi connectivity index (χ3v) is 2.83. The van der Waals surface area contributed by atoms with Crippen LogP contribution < -0.4 is 10.2 Å². The van der Waals surface area contributed by atoms with Crippen LogP contribution in [0.5, 0.6) is 5.75 Å². The molecule has 1 amide bonds. The molecule has 104 valence electrons. The van der Waals surface area contributed by atoms with Crippen LogP contribution in [0.3, 0.4) is 0 Å². The van der Waals surface area contributed by atoms with Crippen LogP contribution in [0.25, 0.3) is 0 Å². The van der Waals surface area contributed by atoms with Crippen LogP contribution in [-0.2, 0) is 0 Å². The summed E-state index contributed by atoms with van der Waals surface area (Å²) in [4.78, 5) is 13.9. The summed E-state index contributed by atoms with van der Waals surface area (Å²) in [5.41, 5.74) is 1.30. The number of hydrogen-bond acceptors (Lipinski definition) is 3. The molecule has 0 aromatic heterocycles. The van der Waals surface area contributed by atoms with Crippen molar-refractivity contribution >= 4 is 17.3 Å². The van der Waals surface area contributed by atoms with Gasteiger partial charge in [-0.1, -0.05) is 12.1 Å². The first kappa shape index (κ1) is 13.9. The zero-order valence-electron chi connectivity index (χ0n) is 11.2. The Kier molecular flexibility index (Phi) is 3.89. The van der Waals surface area contributed by atoms with Crippen LogP contribution in [0, 0.1) is 5.82 Å². The fourth-order valence-corrected chi connectivity index (χ4v) is 1.85. The van der Waals surface area contributed by atoms with E-state index in [1.54, 1.807) is 12.1 Å². The van der Waals surface area contributed by atoms with Crippen molar-refractivity contribution in [1.29, 1.82) is 0 Å². The molecule has 0 fully saturated rings. The van der Waals surface area contributed by atoms with Crippen molar-refractivity contribution in [2.75, 3.05) is 24.3 Å². The van der Waals surface area contributed by atoms with Crippen LogP contribution in [-0.4, -0.2) is 25.1 Å².